The maximum Gasteiger partial charge on any atom is 0.411 e. The van der Waals surface area contributed by atoms with Crippen LogP contribution in [0.5, 0.6) is 0 Å². The van der Waals surface area contributed by atoms with Crippen molar-refractivity contribution in [1.29, 1.82) is 0 Å². The summed E-state index contributed by atoms with van der Waals surface area (Å²) in [4.78, 5) is 12.1. The summed E-state index contributed by atoms with van der Waals surface area (Å²) in [5.74, 6) is 0. The molecule has 0 aliphatic heterocycles. The Labute approximate surface area is 101 Å². The second-order valence-corrected chi connectivity index (χ2v) is 5.29. The fraction of sp³-hybridized carbons (Fsp3) is 0.222. The first kappa shape index (κ1) is 12.5. The molecule has 0 radical (unpaired) electrons. The van der Waals surface area contributed by atoms with Crippen molar-refractivity contribution in [3.63, 3.8) is 0 Å². The molecule has 0 saturated heterocycles. The number of rotatable bonds is 4. The minimum absolute atomic E-state index is 0.364. The van der Waals surface area contributed by atoms with Crippen LogP contribution in [0.25, 0.3) is 0 Å². The van der Waals surface area contributed by atoms with E-state index >= 15 is 0 Å². The third-order valence-electron chi connectivity index (χ3n) is 1.50. The third kappa shape index (κ3) is 4.68. The maximum atomic E-state index is 11.1. The molecule has 0 fully saturated rings. The monoisotopic (exact) mass is 263 g/mol. The number of anilines is 1. The van der Waals surface area contributed by atoms with E-state index in [0.29, 0.717) is 12.3 Å². The lowest BCUT2D eigenvalue weighted by Crippen LogP contribution is -2.12. The van der Waals surface area contributed by atoms with Gasteiger partial charge in [-0.1, -0.05) is 0 Å². The number of carbonyl (C=O) groups is 1. The maximum absolute atomic E-state index is 11.1. The highest BCUT2D eigenvalue weighted by atomic mass is 35.7. The fourth-order valence-electron chi connectivity index (χ4n) is 0.915. The molecule has 6 heteroatoms. The average Bonchev–Trinajstić information content (AvgIpc) is 2.22. The summed E-state index contributed by atoms with van der Waals surface area (Å²) in [5, 5.41) is 2.60. The molecule has 82 valence electrons. The summed E-state index contributed by atoms with van der Waals surface area (Å²) >= 11 is 0. The Kier molecular flexibility index (Phi) is 5.75. The van der Waals surface area contributed by atoms with Crippen LogP contribution in [0.3, 0.4) is 0 Å². The largest absolute Gasteiger partial charge is 0.450 e. The predicted octanol–water partition coefficient (Wildman–Crippen LogP) is 4.15. The molecular weight excluding hydrogens is 254 g/mol. The van der Waals surface area contributed by atoms with Gasteiger partial charge in [-0.05, 0) is 52.7 Å². The highest BCUT2D eigenvalue weighted by Crippen LogP contribution is 2.34. The van der Waals surface area contributed by atoms with E-state index < -0.39 is 6.09 Å². The second kappa shape index (κ2) is 6.87. The Morgan fingerprint density at radius 3 is 2.67 bits per heavy atom. The van der Waals surface area contributed by atoms with Gasteiger partial charge in [0.15, 0.2) is 0 Å². The molecule has 0 aromatic heterocycles. The zero-order valence-electron chi connectivity index (χ0n) is 8.03. The van der Waals surface area contributed by atoms with Crippen LogP contribution in [0, 0.1) is 0 Å². The molecule has 0 spiro atoms. The number of amides is 1. The van der Waals surface area contributed by atoms with Crippen LogP contribution < -0.4 is 5.32 Å². The Hall–Kier alpha value is -0.520. The summed E-state index contributed by atoms with van der Waals surface area (Å²) in [5.41, 5.74) is 0.706. The number of halogens is 1. The molecule has 0 aliphatic carbocycles. The lowest BCUT2D eigenvalue weighted by molar-refractivity contribution is 0.168. The van der Waals surface area contributed by atoms with Gasteiger partial charge in [0.1, 0.15) is 0 Å². The van der Waals surface area contributed by atoms with Crippen LogP contribution in [0.4, 0.5) is 10.5 Å². The van der Waals surface area contributed by atoms with Crippen LogP contribution in [-0.4, -0.2) is 12.7 Å². The molecular formula is C9H10ClNO2S2. The van der Waals surface area contributed by atoms with Crippen molar-refractivity contribution >= 4 is 43.3 Å². The van der Waals surface area contributed by atoms with Crippen molar-refractivity contribution in [1.82, 2.24) is 0 Å². The Bertz CT molecular complexity index is 318. The van der Waals surface area contributed by atoms with Gasteiger partial charge in [-0.15, -0.1) is 0 Å². The number of nitrogens with one attached hydrogen (secondary N) is 1. The van der Waals surface area contributed by atoms with Gasteiger partial charge < -0.3 is 4.74 Å². The molecule has 0 atom stereocenters. The van der Waals surface area contributed by atoms with Gasteiger partial charge in [-0.2, -0.15) is 0 Å². The topological polar surface area (TPSA) is 38.3 Å². The van der Waals surface area contributed by atoms with Crippen molar-refractivity contribution in [3.8, 4) is 0 Å². The zero-order valence-corrected chi connectivity index (χ0v) is 10.4. The van der Waals surface area contributed by atoms with E-state index in [0.717, 1.165) is 14.9 Å². The van der Waals surface area contributed by atoms with Gasteiger partial charge >= 0.3 is 6.09 Å². The number of hydrogen-bond acceptors (Lipinski definition) is 4. The van der Waals surface area contributed by atoms with Crippen molar-refractivity contribution < 1.29 is 9.53 Å². The van der Waals surface area contributed by atoms with E-state index in [-0.39, 0.29) is 0 Å². The van der Waals surface area contributed by atoms with Crippen molar-refractivity contribution in [2.75, 3.05) is 11.9 Å². The summed E-state index contributed by atoms with van der Waals surface area (Å²) < 4.78 is 4.74. The van der Waals surface area contributed by atoms with Gasteiger partial charge in [0, 0.05) is 20.6 Å². The van der Waals surface area contributed by atoms with Gasteiger partial charge in [0.2, 0.25) is 0 Å². The minimum atomic E-state index is -0.440. The first-order chi connectivity index (χ1) is 7.26. The van der Waals surface area contributed by atoms with Gasteiger partial charge in [-0.3, -0.25) is 5.32 Å². The Morgan fingerprint density at radius 1 is 1.47 bits per heavy atom. The molecule has 1 amide bonds. The molecule has 0 saturated carbocycles. The van der Waals surface area contributed by atoms with E-state index in [2.05, 4.69) is 5.32 Å². The van der Waals surface area contributed by atoms with Crippen LogP contribution in [0.2, 0.25) is 0 Å². The first-order valence-electron chi connectivity index (χ1n) is 4.25. The standard InChI is InChI=1S/C9H10ClNO2S2/c1-2-13-9(12)11-7-3-5-8(6-4-7)14-15-10/h3-6H,2H2,1H3,(H,11,12). The molecule has 1 aromatic carbocycles. The third-order valence-corrected chi connectivity index (χ3v) is 3.36. The minimum Gasteiger partial charge on any atom is -0.450 e. The molecule has 1 N–H and O–H groups in total. The molecule has 1 aromatic rings. The van der Waals surface area contributed by atoms with E-state index in [1.54, 1.807) is 19.1 Å². The van der Waals surface area contributed by atoms with E-state index in [1.807, 2.05) is 12.1 Å². The average molecular weight is 264 g/mol. The number of benzene rings is 1. The zero-order chi connectivity index (χ0) is 11.1. The second-order valence-electron chi connectivity index (χ2n) is 2.52. The summed E-state index contributed by atoms with van der Waals surface area (Å²) in [6.07, 6.45) is -0.440. The van der Waals surface area contributed by atoms with Crippen molar-refractivity contribution in [3.05, 3.63) is 24.3 Å². The molecule has 15 heavy (non-hydrogen) atoms. The molecule has 3 nitrogen and oxygen atoms in total. The first-order valence-corrected chi connectivity index (χ1v) is 7.23. The van der Waals surface area contributed by atoms with Crippen LogP contribution in [0.1, 0.15) is 6.92 Å². The highest BCUT2D eigenvalue weighted by Gasteiger charge is 2.01. The Balaban J connectivity index is 2.52. The van der Waals surface area contributed by atoms with Crippen molar-refractivity contribution in [2.45, 2.75) is 11.8 Å². The lowest BCUT2D eigenvalue weighted by Gasteiger charge is -2.05. The van der Waals surface area contributed by atoms with Gasteiger partial charge in [0.25, 0.3) is 0 Å². The summed E-state index contributed by atoms with van der Waals surface area (Å²) in [7, 11) is 8.10. The smallest absolute Gasteiger partial charge is 0.411 e. The van der Waals surface area contributed by atoms with E-state index in [9.17, 15) is 4.79 Å². The molecule has 0 aliphatic rings. The van der Waals surface area contributed by atoms with Crippen LogP contribution in [-0.2, 0) is 4.74 Å². The number of hydrogen-bond donors (Lipinski definition) is 1. The highest BCUT2D eigenvalue weighted by molar-refractivity contribution is 8.85. The Morgan fingerprint density at radius 2 is 2.13 bits per heavy atom. The number of ether oxygens (including phenoxy) is 1. The quantitative estimate of drug-likeness (QED) is 0.829. The van der Waals surface area contributed by atoms with E-state index in [1.165, 1.54) is 10.8 Å². The van der Waals surface area contributed by atoms with Gasteiger partial charge in [-0.25, -0.2) is 4.79 Å². The van der Waals surface area contributed by atoms with E-state index in [4.69, 9.17) is 15.4 Å². The summed E-state index contributed by atoms with van der Waals surface area (Å²) in [6.45, 7) is 2.12. The van der Waals surface area contributed by atoms with Crippen LogP contribution >= 0.6 is 31.5 Å². The SMILES string of the molecule is CCOC(=O)Nc1ccc(SSCl)cc1. The molecule has 0 heterocycles. The molecule has 0 bridgehead atoms. The molecule has 0 unspecified atom stereocenters. The fourth-order valence-corrected chi connectivity index (χ4v) is 2.44. The lowest BCUT2D eigenvalue weighted by atomic mass is 10.3. The summed E-state index contributed by atoms with van der Waals surface area (Å²) in [6, 6.07) is 7.35. The normalized spacial score (nSPS) is 9.73. The van der Waals surface area contributed by atoms with Crippen LogP contribution in [0.15, 0.2) is 29.2 Å². The number of carbonyl (C=O) groups excluding carboxylic acids is 1. The van der Waals surface area contributed by atoms with Crippen molar-refractivity contribution in [2.24, 2.45) is 0 Å². The molecule has 1 rings (SSSR count). The predicted molar refractivity (Wildman–Crippen MR) is 66.4 cm³/mol. The van der Waals surface area contributed by atoms with Gasteiger partial charge in [0.05, 0.1) is 6.61 Å².